The lowest BCUT2D eigenvalue weighted by Crippen LogP contribution is -2.41. The summed E-state index contributed by atoms with van der Waals surface area (Å²) in [6.45, 7) is -2.27. The Hall–Kier alpha value is -2.64. The molecule has 136 valence electrons. The van der Waals surface area contributed by atoms with E-state index in [1.807, 2.05) is 0 Å². The summed E-state index contributed by atoms with van der Waals surface area (Å²) in [6.07, 6.45) is 4.05. The molecule has 2 rings (SSSR count). The Kier molecular flexibility index (Phi) is 6.32. The van der Waals surface area contributed by atoms with Crippen molar-refractivity contribution in [2.45, 2.75) is 19.5 Å². The molecule has 25 heavy (non-hydrogen) atoms. The van der Waals surface area contributed by atoms with E-state index in [1.165, 1.54) is 42.4 Å². The standard InChI is InChI=1S/C17H19F2NO5/c1-24-14-9-11(4-6-13(14)25-17(18)19)5-7-15(21)20-8-2-3-12(10-20)16(22)23/h4-7,9,12,17H,2-3,8,10H2,1H3,(H,22,23). The number of alkyl halides is 2. The maximum Gasteiger partial charge on any atom is 0.387 e. The number of benzene rings is 1. The summed E-state index contributed by atoms with van der Waals surface area (Å²) in [4.78, 5) is 24.7. The minimum absolute atomic E-state index is 0.0960. The molecule has 0 aromatic heterocycles. The van der Waals surface area contributed by atoms with Crippen LogP contribution in [0.2, 0.25) is 0 Å². The van der Waals surface area contributed by atoms with Crippen molar-refractivity contribution >= 4 is 18.0 Å². The monoisotopic (exact) mass is 355 g/mol. The normalized spacial score (nSPS) is 17.8. The van der Waals surface area contributed by atoms with E-state index in [4.69, 9.17) is 9.84 Å². The summed E-state index contributed by atoms with van der Waals surface area (Å²) < 4.78 is 33.9. The van der Waals surface area contributed by atoms with Crippen molar-refractivity contribution in [3.05, 3.63) is 29.8 Å². The minimum Gasteiger partial charge on any atom is -0.493 e. The van der Waals surface area contributed by atoms with E-state index < -0.39 is 18.5 Å². The molecular weight excluding hydrogens is 336 g/mol. The molecule has 0 aliphatic carbocycles. The summed E-state index contributed by atoms with van der Waals surface area (Å²) in [7, 11) is 1.33. The van der Waals surface area contributed by atoms with Crippen LogP contribution in [0.25, 0.3) is 6.08 Å². The van der Waals surface area contributed by atoms with Gasteiger partial charge in [-0.25, -0.2) is 0 Å². The summed E-state index contributed by atoms with van der Waals surface area (Å²) in [5, 5.41) is 9.06. The third kappa shape index (κ3) is 5.17. The number of halogens is 2. The molecule has 0 saturated carbocycles. The molecule has 1 heterocycles. The van der Waals surface area contributed by atoms with Gasteiger partial charge in [0, 0.05) is 19.2 Å². The molecule has 1 N–H and O–H groups in total. The Morgan fingerprint density at radius 1 is 1.36 bits per heavy atom. The number of ether oxygens (including phenoxy) is 2. The Morgan fingerprint density at radius 3 is 2.76 bits per heavy atom. The second kappa shape index (κ2) is 8.46. The number of carbonyl (C=O) groups is 2. The van der Waals surface area contributed by atoms with Gasteiger partial charge in [-0.05, 0) is 36.6 Å². The summed E-state index contributed by atoms with van der Waals surface area (Å²) >= 11 is 0. The molecule has 6 nitrogen and oxygen atoms in total. The smallest absolute Gasteiger partial charge is 0.387 e. The van der Waals surface area contributed by atoms with Gasteiger partial charge in [0.05, 0.1) is 13.0 Å². The van der Waals surface area contributed by atoms with Crippen molar-refractivity contribution in [1.29, 1.82) is 0 Å². The van der Waals surface area contributed by atoms with Crippen molar-refractivity contribution < 1.29 is 33.0 Å². The van der Waals surface area contributed by atoms with Crippen LogP contribution in [0, 0.1) is 5.92 Å². The highest BCUT2D eigenvalue weighted by molar-refractivity contribution is 5.92. The molecule has 1 fully saturated rings. The van der Waals surface area contributed by atoms with Gasteiger partial charge in [0.15, 0.2) is 11.5 Å². The van der Waals surface area contributed by atoms with Gasteiger partial charge in [0.25, 0.3) is 0 Å². The van der Waals surface area contributed by atoms with E-state index in [9.17, 15) is 18.4 Å². The van der Waals surface area contributed by atoms with Crippen molar-refractivity contribution in [2.24, 2.45) is 5.92 Å². The Labute approximate surface area is 143 Å². The summed E-state index contributed by atoms with van der Waals surface area (Å²) in [6, 6.07) is 4.31. The van der Waals surface area contributed by atoms with Gasteiger partial charge in [-0.1, -0.05) is 6.07 Å². The zero-order chi connectivity index (χ0) is 18.4. The third-order valence-corrected chi connectivity index (χ3v) is 3.90. The molecule has 1 aliphatic rings. The topological polar surface area (TPSA) is 76.1 Å². The van der Waals surface area contributed by atoms with Crippen LogP contribution >= 0.6 is 0 Å². The molecule has 0 spiro atoms. The van der Waals surface area contributed by atoms with Gasteiger partial charge >= 0.3 is 12.6 Å². The maximum atomic E-state index is 12.3. The van der Waals surface area contributed by atoms with Crippen molar-refractivity contribution in [3.63, 3.8) is 0 Å². The summed E-state index contributed by atoms with van der Waals surface area (Å²) in [5.41, 5.74) is 0.568. The van der Waals surface area contributed by atoms with Crippen molar-refractivity contribution in [1.82, 2.24) is 4.90 Å². The first kappa shape index (κ1) is 18.7. The van der Waals surface area contributed by atoms with Crippen LogP contribution in [-0.2, 0) is 9.59 Å². The van der Waals surface area contributed by atoms with Crippen LogP contribution in [0.3, 0.4) is 0 Å². The number of piperidine rings is 1. The number of carbonyl (C=O) groups excluding carboxylic acids is 1. The van der Waals surface area contributed by atoms with Crippen LogP contribution in [0.15, 0.2) is 24.3 Å². The first-order valence-corrected chi connectivity index (χ1v) is 7.73. The van der Waals surface area contributed by atoms with E-state index in [-0.39, 0.29) is 24.0 Å². The van der Waals surface area contributed by atoms with Crippen molar-refractivity contribution in [2.75, 3.05) is 20.2 Å². The molecule has 0 radical (unpaired) electrons. The van der Waals surface area contributed by atoms with Gasteiger partial charge in [-0.15, -0.1) is 0 Å². The molecule has 1 atom stereocenters. The third-order valence-electron chi connectivity index (χ3n) is 3.90. The molecular formula is C17H19F2NO5. The van der Waals surface area contributed by atoms with Crippen LogP contribution in [-0.4, -0.2) is 48.7 Å². The fourth-order valence-electron chi connectivity index (χ4n) is 2.63. The number of rotatable bonds is 6. The quantitative estimate of drug-likeness (QED) is 0.794. The first-order chi connectivity index (χ1) is 11.9. The predicted molar refractivity (Wildman–Crippen MR) is 85.6 cm³/mol. The minimum atomic E-state index is -2.96. The van der Waals surface area contributed by atoms with Crippen LogP contribution < -0.4 is 9.47 Å². The lowest BCUT2D eigenvalue weighted by atomic mass is 9.98. The van der Waals surface area contributed by atoms with Gasteiger partial charge < -0.3 is 19.5 Å². The molecule has 1 aromatic carbocycles. The highest BCUT2D eigenvalue weighted by Crippen LogP contribution is 2.30. The van der Waals surface area contributed by atoms with E-state index in [0.29, 0.717) is 24.9 Å². The van der Waals surface area contributed by atoms with E-state index in [2.05, 4.69) is 4.74 Å². The molecule has 8 heteroatoms. The number of hydrogen-bond donors (Lipinski definition) is 1. The number of carboxylic acids is 1. The zero-order valence-electron chi connectivity index (χ0n) is 13.7. The highest BCUT2D eigenvalue weighted by Gasteiger charge is 2.27. The molecule has 1 aliphatic heterocycles. The number of nitrogens with zero attached hydrogens (tertiary/aromatic N) is 1. The molecule has 1 saturated heterocycles. The van der Waals surface area contributed by atoms with E-state index >= 15 is 0 Å². The number of methoxy groups -OCH3 is 1. The molecule has 1 amide bonds. The van der Waals surface area contributed by atoms with Crippen LogP contribution in [0.4, 0.5) is 8.78 Å². The molecule has 1 unspecified atom stereocenters. The maximum absolute atomic E-state index is 12.3. The number of carboxylic acid groups (broad SMARTS) is 1. The fourth-order valence-corrected chi connectivity index (χ4v) is 2.63. The van der Waals surface area contributed by atoms with Gasteiger partial charge in [-0.3, -0.25) is 9.59 Å². The Balaban J connectivity index is 2.05. The van der Waals surface area contributed by atoms with Crippen LogP contribution in [0.1, 0.15) is 18.4 Å². The lowest BCUT2D eigenvalue weighted by Gasteiger charge is -2.29. The second-order valence-electron chi connectivity index (χ2n) is 5.58. The molecule has 1 aromatic rings. The highest BCUT2D eigenvalue weighted by atomic mass is 19.3. The van der Waals surface area contributed by atoms with Crippen molar-refractivity contribution in [3.8, 4) is 11.5 Å². The van der Waals surface area contributed by atoms with Gasteiger partial charge in [-0.2, -0.15) is 8.78 Å². The second-order valence-corrected chi connectivity index (χ2v) is 5.58. The number of aliphatic carboxylic acids is 1. The van der Waals surface area contributed by atoms with E-state index in [1.54, 1.807) is 0 Å². The average molecular weight is 355 g/mol. The first-order valence-electron chi connectivity index (χ1n) is 7.73. The predicted octanol–water partition coefficient (Wildman–Crippen LogP) is 2.63. The van der Waals surface area contributed by atoms with Gasteiger partial charge in [0.2, 0.25) is 5.91 Å². The van der Waals surface area contributed by atoms with Gasteiger partial charge in [0.1, 0.15) is 0 Å². The largest absolute Gasteiger partial charge is 0.493 e. The average Bonchev–Trinajstić information content (AvgIpc) is 2.60. The number of hydrogen-bond acceptors (Lipinski definition) is 4. The van der Waals surface area contributed by atoms with Crippen LogP contribution in [0.5, 0.6) is 11.5 Å². The lowest BCUT2D eigenvalue weighted by molar-refractivity contribution is -0.144. The zero-order valence-corrected chi connectivity index (χ0v) is 13.7. The SMILES string of the molecule is COc1cc(C=CC(=O)N2CCCC(C(=O)O)C2)ccc1OC(F)F. The number of amides is 1. The number of likely N-dealkylation sites (tertiary alicyclic amines) is 1. The summed E-state index contributed by atoms with van der Waals surface area (Å²) in [5.74, 6) is -1.71. The Bertz CT molecular complexity index is 662. The fraction of sp³-hybridized carbons (Fsp3) is 0.412. The Morgan fingerprint density at radius 2 is 2.12 bits per heavy atom. The molecule has 0 bridgehead atoms. The van der Waals surface area contributed by atoms with E-state index in [0.717, 1.165) is 0 Å².